The van der Waals surface area contributed by atoms with Gasteiger partial charge in [-0.2, -0.15) is 0 Å². The van der Waals surface area contributed by atoms with Crippen molar-refractivity contribution < 1.29 is 9.59 Å². The number of fused-ring (bicyclic) bond motifs is 2. The van der Waals surface area contributed by atoms with Gasteiger partial charge in [0.1, 0.15) is 6.04 Å². The van der Waals surface area contributed by atoms with Gasteiger partial charge < -0.3 is 9.80 Å². The Labute approximate surface area is 180 Å². The lowest BCUT2D eigenvalue weighted by atomic mass is 10.0. The highest BCUT2D eigenvalue weighted by Crippen LogP contribution is 2.30. The second-order valence-corrected chi connectivity index (χ2v) is 8.48. The molecule has 1 aromatic heterocycles. The zero-order valence-corrected chi connectivity index (χ0v) is 17.5. The van der Waals surface area contributed by atoms with Crippen molar-refractivity contribution in [3.05, 3.63) is 65.2 Å². The van der Waals surface area contributed by atoms with Gasteiger partial charge in [-0.05, 0) is 44.0 Å². The van der Waals surface area contributed by atoms with Crippen molar-refractivity contribution >= 4 is 34.3 Å². The zero-order valence-electron chi connectivity index (χ0n) is 16.7. The Kier molecular flexibility index (Phi) is 4.70. The molecule has 3 heterocycles. The number of hydrogen-bond acceptors (Lipinski definition) is 3. The first-order chi connectivity index (χ1) is 14.5. The molecule has 2 atom stereocenters. The van der Waals surface area contributed by atoms with Crippen LogP contribution >= 0.6 is 11.6 Å². The average Bonchev–Trinajstić information content (AvgIpc) is 3.24. The van der Waals surface area contributed by atoms with E-state index >= 15 is 0 Å². The molecule has 2 saturated heterocycles. The van der Waals surface area contributed by atoms with Crippen molar-refractivity contribution in [2.24, 2.45) is 0 Å². The van der Waals surface area contributed by atoms with E-state index in [0.717, 1.165) is 35.9 Å². The molecule has 2 aromatic carbocycles. The monoisotopic (exact) mass is 419 g/mol. The number of benzene rings is 2. The van der Waals surface area contributed by atoms with E-state index in [0.29, 0.717) is 22.8 Å². The topological polar surface area (TPSA) is 53.5 Å². The zero-order chi connectivity index (χ0) is 20.8. The minimum atomic E-state index is -0.460. The fourth-order valence-corrected chi connectivity index (χ4v) is 4.73. The van der Waals surface area contributed by atoms with Gasteiger partial charge in [-0.1, -0.05) is 41.9 Å². The highest BCUT2D eigenvalue weighted by atomic mass is 35.5. The lowest BCUT2D eigenvalue weighted by Crippen LogP contribution is -2.60. The fraction of sp³-hybridized carbons (Fsp3) is 0.292. The molecule has 0 unspecified atom stereocenters. The predicted molar refractivity (Wildman–Crippen MR) is 117 cm³/mol. The Morgan fingerprint density at radius 2 is 1.90 bits per heavy atom. The van der Waals surface area contributed by atoms with Gasteiger partial charge in [0.25, 0.3) is 5.91 Å². The van der Waals surface area contributed by atoms with E-state index < -0.39 is 6.04 Å². The number of carbonyl (C=O) groups is 2. The molecule has 0 N–H and O–H groups in total. The molecule has 5 nitrogen and oxygen atoms in total. The average molecular weight is 420 g/mol. The van der Waals surface area contributed by atoms with Gasteiger partial charge in [0.15, 0.2) is 0 Å². The van der Waals surface area contributed by atoms with Crippen molar-refractivity contribution in [3.63, 3.8) is 0 Å². The summed E-state index contributed by atoms with van der Waals surface area (Å²) >= 11 is 6.03. The summed E-state index contributed by atoms with van der Waals surface area (Å²) in [6.45, 7) is 3.21. The fourth-order valence-electron chi connectivity index (χ4n) is 4.61. The summed E-state index contributed by atoms with van der Waals surface area (Å²) in [5.74, 6) is -0.0652. The predicted octanol–water partition coefficient (Wildman–Crippen LogP) is 4.39. The Hall–Kier alpha value is -2.92. The summed E-state index contributed by atoms with van der Waals surface area (Å²) in [5.41, 5.74) is 2.94. The molecule has 152 valence electrons. The van der Waals surface area contributed by atoms with Gasteiger partial charge in [0.05, 0.1) is 16.8 Å². The van der Waals surface area contributed by atoms with E-state index in [1.807, 2.05) is 66.4 Å². The number of halogens is 1. The van der Waals surface area contributed by atoms with Gasteiger partial charge in [-0.25, -0.2) is 4.98 Å². The van der Waals surface area contributed by atoms with Crippen LogP contribution in [0, 0.1) is 0 Å². The van der Waals surface area contributed by atoms with Crippen LogP contribution in [0.3, 0.4) is 0 Å². The van der Waals surface area contributed by atoms with E-state index in [2.05, 4.69) is 0 Å². The molecular weight excluding hydrogens is 398 g/mol. The van der Waals surface area contributed by atoms with Crippen LogP contribution in [-0.2, 0) is 4.79 Å². The maximum Gasteiger partial charge on any atom is 0.255 e. The third-order valence-corrected chi connectivity index (χ3v) is 6.49. The number of para-hydroxylation sites is 1. The van der Waals surface area contributed by atoms with Crippen LogP contribution in [0.4, 0.5) is 0 Å². The molecule has 0 bridgehead atoms. The molecule has 5 rings (SSSR count). The SMILES string of the molecule is C[C@@H]1C(=O)N2CCC[C@@H]2CN1C(=O)c1cc(-c2ccc(Cl)cc2)nc2ccccc12. The molecule has 0 radical (unpaired) electrons. The maximum atomic E-state index is 13.7. The molecule has 2 fully saturated rings. The number of amides is 2. The molecule has 6 heteroatoms. The Bertz CT molecular complexity index is 1140. The third kappa shape index (κ3) is 3.14. The van der Waals surface area contributed by atoms with Crippen LogP contribution < -0.4 is 0 Å². The highest BCUT2D eigenvalue weighted by molar-refractivity contribution is 6.30. The van der Waals surface area contributed by atoms with Crippen molar-refractivity contribution in [3.8, 4) is 11.3 Å². The van der Waals surface area contributed by atoms with Crippen molar-refractivity contribution in [2.45, 2.75) is 31.8 Å². The Morgan fingerprint density at radius 3 is 2.70 bits per heavy atom. The molecule has 0 saturated carbocycles. The van der Waals surface area contributed by atoms with Gasteiger partial charge in [-0.15, -0.1) is 0 Å². The van der Waals surface area contributed by atoms with E-state index in [1.54, 1.807) is 4.90 Å². The smallest absolute Gasteiger partial charge is 0.255 e. The van der Waals surface area contributed by atoms with Crippen molar-refractivity contribution in [2.75, 3.05) is 13.1 Å². The number of rotatable bonds is 2. The summed E-state index contributed by atoms with van der Waals surface area (Å²) in [6.07, 6.45) is 1.96. The molecule has 2 amide bonds. The number of nitrogens with zero attached hydrogens (tertiary/aromatic N) is 3. The largest absolute Gasteiger partial charge is 0.336 e. The summed E-state index contributed by atoms with van der Waals surface area (Å²) in [4.78, 5) is 35.0. The molecule has 2 aliphatic heterocycles. The Morgan fingerprint density at radius 1 is 1.13 bits per heavy atom. The van der Waals surface area contributed by atoms with Crippen LogP contribution in [0.1, 0.15) is 30.1 Å². The Balaban J connectivity index is 1.59. The van der Waals surface area contributed by atoms with Crippen molar-refractivity contribution in [1.29, 1.82) is 0 Å². The van der Waals surface area contributed by atoms with E-state index in [-0.39, 0.29) is 17.9 Å². The molecule has 0 spiro atoms. The van der Waals surface area contributed by atoms with Crippen molar-refractivity contribution in [1.82, 2.24) is 14.8 Å². The van der Waals surface area contributed by atoms with E-state index in [9.17, 15) is 9.59 Å². The first kappa shape index (κ1) is 19.1. The lowest BCUT2D eigenvalue weighted by Gasteiger charge is -2.41. The number of hydrogen-bond donors (Lipinski definition) is 0. The summed E-state index contributed by atoms with van der Waals surface area (Å²) in [7, 11) is 0. The van der Waals surface area contributed by atoms with Gasteiger partial charge >= 0.3 is 0 Å². The van der Waals surface area contributed by atoms with E-state index in [1.165, 1.54) is 0 Å². The lowest BCUT2D eigenvalue weighted by molar-refractivity contribution is -0.141. The normalized spacial score (nSPS) is 21.2. The van der Waals surface area contributed by atoms with Crippen LogP contribution in [0.25, 0.3) is 22.2 Å². The number of piperazine rings is 1. The van der Waals surface area contributed by atoms with Gasteiger partial charge in [0, 0.05) is 35.1 Å². The number of pyridine rings is 1. The standard InChI is InChI=1S/C24H22ClN3O2/c1-15-23(29)27-12-4-5-18(27)14-28(15)24(30)20-13-22(16-8-10-17(25)11-9-16)26-21-7-3-2-6-19(20)21/h2-3,6-11,13,15,18H,4-5,12,14H2,1H3/t15-,18-/m1/s1. The maximum absolute atomic E-state index is 13.7. The van der Waals surface area contributed by atoms with Crippen LogP contribution in [0.15, 0.2) is 54.6 Å². The van der Waals surface area contributed by atoms with Crippen LogP contribution in [-0.4, -0.2) is 51.8 Å². The first-order valence-corrected chi connectivity index (χ1v) is 10.7. The number of carbonyl (C=O) groups excluding carboxylic acids is 2. The third-order valence-electron chi connectivity index (χ3n) is 6.24. The summed E-state index contributed by atoms with van der Waals surface area (Å²) in [5, 5.41) is 1.45. The molecule has 3 aromatic rings. The second kappa shape index (κ2) is 7.40. The molecule has 2 aliphatic rings. The van der Waals surface area contributed by atoms with Crippen LogP contribution in [0.2, 0.25) is 5.02 Å². The minimum Gasteiger partial charge on any atom is -0.336 e. The number of aromatic nitrogens is 1. The molecular formula is C24H22ClN3O2. The summed E-state index contributed by atoms with van der Waals surface area (Å²) in [6, 6.07) is 16.6. The van der Waals surface area contributed by atoms with Gasteiger partial charge in [0.2, 0.25) is 5.91 Å². The minimum absolute atomic E-state index is 0.0494. The summed E-state index contributed by atoms with van der Waals surface area (Å²) < 4.78 is 0. The second-order valence-electron chi connectivity index (χ2n) is 8.04. The van der Waals surface area contributed by atoms with Gasteiger partial charge in [-0.3, -0.25) is 9.59 Å². The highest BCUT2D eigenvalue weighted by Gasteiger charge is 2.42. The quantitative estimate of drug-likeness (QED) is 0.619. The molecule has 30 heavy (non-hydrogen) atoms. The first-order valence-electron chi connectivity index (χ1n) is 10.3. The van der Waals surface area contributed by atoms with Crippen LogP contribution in [0.5, 0.6) is 0 Å². The molecule has 0 aliphatic carbocycles. The van der Waals surface area contributed by atoms with E-state index in [4.69, 9.17) is 16.6 Å².